The Morgan fingerprint density at radius 2 is 1.67 bits per heavy atom. The zero-order valence-corrected chi connectivity index (χ0v) is 16.8. The van der Waals surface area contributed by atoms with E-state index in [-0.39, 0.29) is 5.82 Å². The van der Waals surface area contributed by atoms with Gasteiger partial charge >= 0.3 is 6.18 Å². The number of fused-ring (bicyclic) bond motifs is 1. The molecule has 7 heteroatoms. The van der Waals surface area contributed by atoms with Gasteiger partial charge in [0.2, 0.25) is 0 Å². The molecule has 1 fully saturated rings. The Labute approximate surface area is 174 Å². The van der Waals surface area contributed by atoms with Crippen LogP contribution in [0.5, 0.6) is 5.75 Å². The summed E-state index contributed by atoms with van der Waals surface area (Å²) in [5, 5.41) is 0. The highest BCUT2D eigenvalue weighted by molar-refractivity contribution is 5.49. The Morgan fingerprint density at radius 3 is 2.40 bits per heavy atom. The highest BCUT2D eigenvalue weighted by Crippen LogP contribution is 2.32. The standard InChI is InChI=1S/C23H26F4N2O/c24-21-14-17-4-1-5-18(17)15-22(21)30-13-3-8-28-9-11-29(12-10-28)20-7-2-6-19(16-20)23(25,26)27/h2,6-7,14-16H,1,3-5,8-13H2. The number of benzene rings is 2. The van der Waals surface area contributed by atoms with Gasteiger partial charge in [-0.1, -0.05) is 6.07 Å². The minimum absolute atomic E-state index is 0.287. The molecule has 0 spiro atoms. The van der Waals surface area contributed by atoms with E-state index in [4.69, 9.17) is 4.74 Å². The van der Waals surface area contributed by atoms with Crippen LogP contribution >= 0.6 is 0 Å². The maximum absolute atomic E-state index is 14.1. The van der Waals surface area contributed by atoms with Gasteiger partial charge in [0, 0.05) is 38.4 Å². The number of halogens is 4. The normalized spacial score (nSPS) is 17.3. The Balaban J connectivity index is 1.21. The summed E-state index contributed by atoms with van der Waals surface area (Å²) < 4.78 is 58.6. The van der Waals surface area contributed by atoms with Gasteiger partial charge in [-0.05, 0) is 67.1 Å². The number of rotatable bonds is 6. The first-order valence-corrected chi connectivity index (χ1v) is 10.5. The topological polar surface area (TPSA) is 15.7 Å². The lowest BCUT2D eigenvalue weighted by molar-refractivity contribution is -0.137. The molecular weight excluding hydrogens is 396 g/mol. The third kappa shape index (κ3) is 4.89. The van der Waals surface area contributed by atoms with Crippen LogP contribution in [0.15, 0.2) is 36.4 Å². The summed E-state index contributed by atoms with van der Waals surface area (Å²) in [5.74, 6) is 0.0513. The molecule has 1 saturated heterocycles. The second kappa shape index (κ2) is 8.84. The number of nitrogens with zero attached hydrogens (tertiary/aromatic N) is 2. The van der Waals surface area contributed by atoms with Crippen molar-refractivity contribution in [1.82, 2.24) is 4.90 Å². The SMILES string of the molecule is Fc1cc2c(cc1OCCCN1CCN(c3cccc(C(F)(F)F)c3)CC1)CCC2. The molecule has 3 nitrogen and oxygen atoms in total. The summed E-state index contributed by atoms with van der Waals surface area (Å²) in [7, 11) is 0. The molecule has 2 aromatic rings. The van der Waals surface area contributed by atoms with E-state index in [1.54, 1.807) is 12.1 Å². The van der Waals surface area contributed by atoms with Gasteiger partial charge in [0.05, 0.1) is 12.2 Å². The van der Waals surface area contributed by atoms with E-state index in [0.29, 0.717) is 31.1 Å². The summed E-state index contributed by atoms with van der Waals surface area (Å²) >= 11 is 0. The smallest absolute Gasteiger partial charge is 0.416 e. The Hall–Kier alpha value is -2.28. The molecule has 1 aliphatic heterocycles. The average Bonchev–Trinajstić information content (AvgIpc) is 3.18. The minimum atomic E-state index is -4.32. The summed E-state index contributed by atoms with van der Waals surface area (Å²) in [5.41, 5.74) is 2.29. The van der Waals surface area contributed by atoms with Crippen molar-refractivity contribution in [1.29, 1.82) is 0 Å². The van der Waals surface area contributed by atoms with Gasteiger partial charge in [-0.25, -0.2) is 4.39 Å². The van der Waals surface area contributed by atoms with E-state index in [9.17, 15) is 17.6 Å². The Kier molecular flexibility index (Phi) is 6.18. The van der Waals surface area contributed by atoms with Gasteiger partial charge in [-0.2, -0.15) is 13.2 Å². The zero-order valence-electron chi connectivity index (χ0n) is 16.8. The van der Waals surface area contributed by atoms with Crippen molar-refractivity contribution in [2.24, 2.45) is 0 Å². The molecule has 2 aliphatic rings. The second-order valence-electron chi connectivity index (χ2n) is 7.98. The lowest BCUT2D eigenvalue weighted by Crippen LogP contribution is -2.46. The van der Waals surface area contributed by atoms with Crippen LogP contribution in [-0.2, 0) is 19.0 Å². The molecule has 162 valence electrons. The molecule has 0 amide bonds. The van der Waals surface area contributed by atoms with Crippen molar-refractivity contribution >= 4 is 5.69 Å². The monoisotopic (exact) mass is 422 g/mol. The van der Waals surface area contributed by atoms with Crippen molar-refractivity contribution < 1.29 is 22.3 Å². The van der Waals surface area contributed by atoms with Gasteiger partial charge < -0.3 is 9.64 Å². The van der Waals surface area contributed by atoms with Crippen LogP contribution in [0.2, 0.25) is 0 Å². The fourth-order valence-corrected chi connectivity index (χ4v) is 4.26. The zero-order chi connectivity index (χ0) is 21.1. The fraction of sp³-hybridized carbons (Fsp3) is 0.478. The highest BCUT2D eigenvalue weighted by atomic mass is 19.4. The predicted molar refractivity (Wildman–Crippen MR) is 109 cm³/mol. The number of ether oxygens (including phenoxy) is 1. The van der Waals surface area contributed by atoms with E-state index in [1.165, 1.54) is 17.7 Å². The quantitative estimate of drug-likeness (QED) is 0.485. The molecule has 1 aliphatic carbocycles. The van der Waals surface area contributed by atoms with Gasteiger partial charge in [-0.3, -0.25) is 4.90 Å². The summed E-state index contributed by atoms with van der Waals surface area (Å²) in [6.45, 7) is 4.20. The lowest BCUT2D eigenvalue weighted by atomic mass is 10.1. The maximum Gasteiger partial charge on any atom is 0.416 e. The van der Waals surface area contributed by atoms with Crippen molar-refractivity contribution in [3.63, 3.8) is 0 Å². The summed E-state index contributed by atoms with van der Waals surface area (Å²) in [6, 6.07) is 8.94. The van der Waals surface area contributed by atoms with Crippen molar-refractivity contribution in [2.45, 2.75) is 31.9 Å². The van der Waals surface area contributed by atoms with Crippen LogP contribution in [-0.4, -0.2) is 44.2 Å². The molecule has 0 unspecified atom stereocenters. The van der Waals surface area contributed by atoms with Crippen molar-refractivity contribution in [3.8, 4) is 5.75 Å². The van der Waals surface area contributed by atoms with Gasteiger partial charge in [0.25, 0.3) is 0 Å². The second-order valence-corrected chi connectivity index (χ2v) is 7.98. The highest BCUT2D eigenvalue weighted by Gasteiger charge is 2.31. The predicted octanol–water partition coefficient (Wildman–Crippen LogP) is 4.92. The van der Waals surface area contributed by atoms with E-state index >= 15 is 0 Å². The average molecular weight is 422 g/mol. The number of hydrogen-bond acceptors (Lipinski definition) is 3. The van der Waals surface area contributed by atoms with Gasteiger partial charge in [-0.15, -0.1) is 0 Å². The first-order valence-electron chi connectivity index (χ1n) is 10.5. The fourth-order valence-electron chi connectivity index (χ4n) is 4.26. The Morgan fingerprint density at radius 1 is 0.933 bits per heavy atom. The van der Waals surface area contributed by atoms with Gasteiger partial charge in [0.15, 0.2) is 11.6 Å². The molecule has 0 aromatic heterocycles. The molecule has 30 heavy (non-hydrogen) atoms. The van der Waals surface area contributed by atoms with Crippen LogP contribution in [0.3, 0.4) is 0 Å². The van der Waals surface area contributed by atoms with E-state index in [1.807, 2.05) is 11.0 Å². The third-order valence-corrected chi connectivity index (χ3v) is 5.93. The molecule has 4 rings (SSSR count). The van der Waals surface area contributed by atoms with Crippen LogP contribution < -0.4 is 9.64 Å². The first kappa shape index (κ1) is 21.0. The van der Waals surface area contributed by atoms with Crippen molar-refractivity contribution in [2.75, 3.05) is 44.2 Å². The molecule has 1 heterocycles. The molecule has 0 radical (unpaired) electrons. The van der Waals surface area contributed by atoms with Crippen LogP contribution in [0.1, 0.15) is 29.5 Å². The first-order chi connectivity index (χ1) is 14.4. The van der Waals surface area contributed by atoms with Crippen molar-refractivity contribution in [3.05, 3.63) is 58.9 Å². The lowest BCUT2D eigenvalue weighted by Gasteiger charge is -2.36. The summed E-state index contributed by atoms with van der Waals surface area (Å²) in [6.07, 6.45) is -0.540. The summed E-state index contributed by atoms with van der Waals surface area (Å²) in [4.78, 5) is 4.26. The minimum Gasteiger partial charge on any atom is -0.490 e. The maximum atomic E-state index is 14.1. The van der Waals surface area contributed by atoms with Gasteiger partial charge in [0.1, 0.15) is 0 Å². The van der Waals surface area contributed by atoms with Crippen LogP contribution in [0, 0.1) is 5.82 Å². The number of hydrogen-bond donors (Lipinski definition) is 0. The Bertz CT molecular complexity index is 876. The molecule has 2 aromatic carbocycles. The molecule has 0 atom stereocenters. The third-order valence-electron chi connectivity index (χ3n) is 5.93. The largest absolute Gasteiger partial charge is 0.490 e. The van der Waals surface area contributed by atoms with E-state index in [0.717, 1.165) is 56.9 Å². The molecular formula is C23H26F4N2O. The number of anilines is 1. The molecule has 0 saturated carbocycles. The molecule has 0 bridgehead atoms. The van der Waals surface area contributed by atoms with Crippen LogP contribution in [0.25, 0.3) is 0 Å². The molecule has 0 N–H and O–H groups in total. The number of piperazine rings is 1. The van der Waals surface area contributed by atoms with E-state index < -0.39 is 11.7 Å². The number of alkyl halides is 3. The van der Waals surface area contributed by atoms with Crippen LogP contribution in [0.4, 0.5) is 23.2 Å². The van der Waals surface area contributed by atoms with E-state index in [2.05, 4.69) is 4.90 Å². The number of aryl methyl sites for hydroxylation is 2.